The van der Waals surface area contributed by atoms with Gasteiger partial charge in [0, 0.05) is 6.42 Å². The third-order valence-corrected chi connectivity index (χ3v) is 1.28. The van der Waals surface area contributed by atoms with Gasteiger partial charge in [-0.15, -0.1) is 12.3 Å². The topological polar surface area (TPSA) is 63.3 Å². The highest BCUT2D eigenvalue weighted by Crippen LogP contribution is 2.07. The van der Waals surface area contributed by atoms with Crippen molar-refractivity contribution in [3.8, 4) is 12.3 Å². The Bertz CT molecular complexity index is 167. The molecule has 0 aliphatic carbocycles. The lowest BCUT2D eigenvalue weighted by atomic mass is 9.98. The van der Waals surface area contributed by atoms with Crippen LogP contribution in [0.4, 0.5) is 0 Å². The second-order valence-electron chi connectivity index (χ2n) is 2.43. The summed E-state index contributed by atoms with van der Waals surface area (Å²) in [7, 11) is 0. The summed E-state index contributed by atoms with van der Waals surface area (Å²) in [6.07, 6.45) is 5.66. The molecule has 0 fully saturated rings. The molecule has 0 heterocycles. The van der Waals surface area contributed by atoms with Crippen molar-refractivity contribution in [3.05, 3.63) is 0 Å². The maximum atomic E-state index is 10.3. The number of carbonyl (C=O) groups is 1. The van der Waals surface area contributed by atoms with Gasteiger partial charge in [0.25, 0.3) is 0 Å². The van der Waals surface area contributed by atoms with Crippen molar-refractivity contribution in [1.82, 2.24) is 0 Å². The molecule has 1 atom stereocenters. The predicted octanol–water partition coefficient (Wildman–Crippen LogP) is 0.202. The summed E-state index contributed by atoms with van der Waals surface area (Å²) < 4.78 is 0. The second-order valence-corrected chi connectivity index (χ2v) is 2.43. The minimum atomic E-state index is -1.17. The molecular formula is C7H11NO2. The van der Waals surface area contributed by atoms with E-state index in [-0.39, 0.29) is 0 Å². The first-order valence-electron chi connectivity index (χ1n) is 2.96. The van der Waals surface area contributed by atoms with Gasteiger partial charge in [0.1, 0.15) is 5.54 Å². The predicted molar refractivity (Wildman–Crippen MR) is 38.3 cm³/mol. The van der Waals surface area contributed by atoms with Crippen molar-refractivity contribution in [2.24, 2.45) is 5.73 Å². The molecule has 0 aromatic rings. The van der Waals surface area contributed by atoms with Gasteiger partial charge in [-0.1, -0.05) is 0 Å². The number of rotatable bonds is 3. The molecule has 0 rings (SSSR count). The van der Waals surface area contributed by atoms with E-state index in [1.807, 2.05) is 0 Å². The highest BCUT2D eigenvalue weighted by atomic mass is 16.4. The molecule has 0 saturated carbocycles. The Morgan fingerprint density at radius 1 is 1.90 bits per heavy atom. The van der Waals surface area contributed by atoms with Gasteiger partial charge in [-0.05, 0) is 13.3 Å². The summed E-state index contributed by atoms with van der Waals surface area (Å²) in [5.74, 6) is 1.32. The highest BCUT2D eigenvalue weighted by molar-refractivity contribution is 5.77. The lowest BCUT2D eigenvalue weighted by Gasteiger charge is -2.16. The number of hydrogen-bond donors (Lipinski definition) is 2. The molecule has 0 spiro atoms. The van der Waals surface area contributed by atoms with Crippen molar-refractivity contribution in [1.29, 1.82) is 0 Å². The van der Waals surface area contributed by atoms with Crippen LogP contribution < -0.4 is 5.73 Å². The summed E-state index contributed by atoms with van der Waals surface area (Å²) in [6.45, 7) is 1.45. The molecule has 10 heavy (non-hydrogen) atoms. The molecular weight excluding hydrogens is 130 g/mol. The summed E-state index contributed by atoms with van der Waals surface area (Å²) in [5, 5.41) is 8.47. The molecule has 0 aromatic heterocycles. The van der Waals surface area contributed by atoms with Gasteiger partial charge in [-0.25, -0.2) is 0 Å². The Balaban J connectivity index is 3.90. The van der Waals surface area contributed by atoms with Crippen molar-refractivity contribution in [2.75, 3.05) is 0 Å². The molecule has 0 amide bonds. The number of carboxylic acids is 1. The Kier molecular flexibility index (Phi) is 2.91. The molecule has 56 valence electrons. The Labute approximate surface area is 60.2 Å². The monoisotopic (exact) mass is 141 g/mol. The van der Waals surface area contributed by atoms with Crippen LogP contribution in [0, 0.1) is 12.3 Å². The van der Waals surface area contributed by atoms with E-state index in [0.717, 1.165) is 0 Å². The lowest BCUT2D eigenvalue weighted by molar-refractivity contribution is -0.142. The van der Waals surface area contributed by atoms with E-state index in [2.05, 4.69) is 5.92 Å². The van der Waals surface area contributed by atoms with Gasteiger partial charge < -0.3 is 10.8 Å². The largest absolute Gasteiger partial charge is 0.480 e. The number of hydrogen-bond acceptors (Lipinski definition) is 2. The summed E-state index contributed by atoms with van der Waals surface area (Å²) in [4.78, 5) is 10.3. The minimum absolute atomic E-state index is 0.318. The number of aliphatic carboxylic acids is 1. The first-order valence-corrected chi connectivity index (χ1v) is 2.96. The van der Waals surface area contributed by atoms with Gasteiger partial charge in [-0.2, -0.15) is 0 Å². The van der Waals surface area contributed by atoms with Gasteiger partial charge in [-0.3, -0.25) is 4.79 Å². The lowest BCUT2D eigenvalue weighted by Crippen LogP contribution is -2.44. The standard InChI is InChI=1S/C7H11NO2/c1-3-4-5-7(2,8)6(9)10/h1H,4-5,8H2,2H3,(H,9,10)/t7-/m0/s1. The fourth-order valence-electron chi connectivity index (χ4n) is 0.439. The zero-order valence-corrected chi connectivity index (χ0v) is 5.92. The number of nitrogens with two attached hydrogens (primary N) is 1. The number of carboxylic acid groups (broad SMARTS) is 1. The Hall–Kier alpha value is -1.01. The highest BCUT2D eigenvalue weighted by Gasteiger charge is 2.26. The first-order chi connectivity index (χ1) is 4.50. The Morgan fingerprint density at radius 2 is 2.40 bits per heavy atom. The SMILES string of the molecule is C#CCC[C@](C)(N)C(=O)O. The molecule has 3 heteroatoms. The molecule has 3 N–H and O–H groups in total. The fraction of sp³-hybridized carbons (Fsp3) is 0.571. The van der Waals surface area contributed by atoms with Crippen molar-refractivity contribution < 1.29 is 9.90 Å². The van der Waals surface area contributed by atoms with Crippen molar-refractivity contribution in [2.45, 2.75) is 25.3 Å². The van der Waals surface area contributed by atoms with E-state index in [4.69, 9.17) is 17.3 Å². The maximum Gasteiger partial charge on any atom is 0.323 e. The van der Waals surface area contributed by atoms with Crippen LogP contribution in [0.3, 0.4) is 0 Å². The van der Waals surface area contributed by atoms with Gasteiger partial charge in [0.2, 0.25) is 0 Å². The van der Waals surface area contributed by atoms with Gasteiger partial charge in [0.15, 0.2) is 0 Å². The molecule has 0 unspecified atom stereocenters. The number of terminal acetylenes is 1. The van der Waals surface area contributed by atoms with Crippen LogP contribution in [0.5, 0.6) is 0 Å². The van der Waals surface area contributed by atoms with Crippen LogP contribution in [-0.2, 0) is 4.79 Å². The average Bonchev–Trinajstić information content (AvgIpc) is 1.84. The molecule has 0 saturated heterocycles. The smallest absolute Gasteiger partial charge is 0.323 e. The summed E-state index contributed by atoms with van der Waals surface area (Å²) in [6, 6.07) is 0. The van der Waals surface area contributed by atoms with Crippen LogP contribution in [0.2, 0.25) is 0 Å². The molecule has 0 aliphatic heterocycles. The van der Waals surface area contributed by atoms with Crippen LogP contribution in [0.1, 0.15) is 19.8 Å². The van der Waals surface area contributed by atoms with Crippen molar-refractivity contribution in [3.63, 3.8) is 0 Å². The third-order valence-electron chi connectivity index (χ3n) is 1.28. The van der Waals surface area contributed by atoms with Gasteiger partial charge in [0.05, 0.1) is 0 Å². The summed E-state index contributed by atoms with van der Waals surface area (Å²) >= 11 is 0. The van der Waals surface area contributed by atoms with Crippen molar-refractivity contribution >= 4 is 5.97 Å². The summed E-state index contributed by atoms with van der Waals surface area (Å²) in [5.41, 5.74) is 4.18. The van der Waals surface area contributed by atoms with E-state index in [0.29, 0.717) is 12.8 Å². The zero-order chi connectivity index (χ0) is 8.20. The second kappa shape index (κ2) is 3.23. The van der Waals surface area contributed by atoms with Crippen LogP contribution in [0.25, 0.3) is 0 Å². The third kappa shape index (κ3) is 2.51. The Morgan fingerprint density at radius 3 is 2.70 bits per heavy atom. The molecule has 0 radical (unpaired) electrons. The molecule has 0 aromatic carbocycles. The quantitative estimate of drug-likeness (QED) is 0.552. The minimum Gasteiger partial charge on any atom is -0.480 e. The van der Waals surface area contributed by atoms with E-state index in [1.54, 1.807) is 0 Å². The first kappa shape index (κ1) is 8.99. The molecule has 0 aliphatic rings. The van der Waals surface area contributed by atoms with E-state index in [9.17, 15) is 4.79 Å². The molecule has 3 nitrogen and oxygen atoms in total. The van der Waals surface area contributed by atoms with Crippen LogP contribution in [0.15, 0.2) is 0 Å². The fourth-order valence-corrected chi connectivity index (χ4v) is 0.439. The van der Waals surface area contributed by atoms with E-state index < -0.39 is 11.5 Å². The van der Waals surface area contributed by atoms with Gasteiger partial charge >= 0.3 is 5.97 Å². The van der Waals surface area contributed by atoms with Crippen LogP contribution >= 0.6 is 0 Å². The molecule has 0 bridgehead atoms. The maximum absolute atomic E-state index is 10.3. The average molecular weight is 141 g/mol. The van der Waals surface area contributed by atoms with E-state index >= 15 is 0 Å². The zero-order valence-electron chi connectivity index (χ0n) is 5.92. The van der Waals surface area contributed by atoms with E-state index in [1.165, 1.54) is 6.92 Å². The van der Waals surface area contributed by atoms with Crippen LogP contribution in [-0.4, -0.2) is 16.6 Å². The normalized spacial score (nSPS) is 15.3.